The van der Waals surface area contributed by atoms with Crippen LogP contribution >= 0.6 is 15.9 Å². The van der Waals surface area contributed by atoms with E-state index in [2.05, 4.69) is 51.3 Å². The predicted molar refractivity (Wildman–Crippen MR) is 93.0 cm³/mol. The molecule has 1 atom stereocenters. The largest absolute Gasteiger partial charge is 0.383 e. The van der Waals surface area contributed by atoms with E-state index in [0.29, 0.717) is 6.04 Å². The molecule has 21 heavy (non-hydrogen) atoms. The quantitative estimate of drug-likeness (QED) is 0.782. The molecule has 1 aromatic carbocycles. The van der Waals surface area contributed by atoms with Crippen molar-refractivity contribution in [3.8, 4) is 0 Å². The maximum atomic E-state index is 5.05. The van der Waals surface area contributed by atoms with Crippen LogP contribution in [0.15, 0.2) is 22.7 Å². The van der Waals surface area contributed by atoms with E-state index in [1.54, 1.807) is 7.11 Å². The van der Waals surface area contributed by atoms with Crippen molar-refractivity contribution in [2.24, 2.45) is 0 Å². The molecular formula is C17H27BrN2O. The second kappa shape index (κ2) is 8.76. The lowest BCUT2D eigenvalue weighted by Gasteiger charge is -2.30. The van der Waals surface area contributed by atoms with Gasteiger partial charge in [-0.15, -0.1) is 0 Å². The zero-order chi connectivity index (χ0) is 15.1. The highest BCUT2D eigenvalue weighted by Crippen LogP contribution is 2.28. The molecule has 1 heterocycles. The average molecular weight is 355 g/mol. The van der Waals surface area contributed by atoms with Crippen LogP contribution in [0.3, 0.4) is 0 Å². The van der Waals surface area contributed by atoms with Gasteiger partial charge in [-0.1, -0.05) is 34.8 Å². The van der Waals surface area contributed by atoms with Crippen molar-refractivity contribution in [1.29, 1.82) is 0 Å². The van der Waals surface area contributed by atoms with Gasteiger partial charge in [-0.2, -0.15) is 0 Å². The number of methoxy groups -OCH3 is 1. The summed E-state index contributed by atoms with van der Waals surface area (Å²) in [6, 6.07) is 7.41. The third-order valence-electron chi connectivity index (χ3n) is 4.22. The molecule has 1 fully saturated rings. The lowest BCUT2D eigenvalue weighted by Crippen LogP contribution is -2.32. The first-order valence-electron chi connectivity index (χ1n) is 7.97. The summed E-state index contributed by atoms with van der Waals surface area (Å²) in [5.41, 5.74) is 2.65. The molecule has 1 aliphatic heterocycles. The van der Waals surface area contributed by atoms with E-state index in [9.17, 15) is 0 Å². The Morgan fingerprint density at radius 2 is 2.19 bits per heavy atom. The Hall–Kier alpha value is -0.580. The smallest absolute Gasteiger partial charge is 0.0587 e. The Bertz CT molecular complexity index is 439. The Morgan fingerprint density at radius 1 is 1.33 bits per heavy atom. The lowest BCUT2D eigenvalue weighted by molar-refractivity contribution is 0.199. The second-order valence-electron chi connectivity index (χ2n) is 5.84. The van der Waals surface area contributed by atoms with Gasteiger partial charge in [0.05, 0.1) is 6.61 Å². The number of benzene rings is 1. The highest BCUT2D eigenvalue weighted by molar-refractivity contribution is 9.10. The lowest BCUT2D eigenvalue weighted by atomic mass is 10.1. The molecule has 1 aromatic rings. The van der Waals surface area contributed by atoms with Gasteiger partial charge in [0.15, 0.2) is 0 Å². The Balaban J connectivity index is 2.00. The van der Waals surface area contributed by atoms with Crippen LogP contribution in [-0.4, -0.2) is 32.8 Å². The minimum Gasteiger partial charge on any atom is -0.383 e. The number of anilines is 1. The van der Waals surface area contributed by atoms with Crippen molar-refractivity contribution in [3.05, 3.63) is 28.2 Å². The number of nitrogens with one attached hydrogen (secondary N) is 1. The van der Waals surface area contributed by atoms with Crippen LogP contribution in [0, 0.1) is 0 Å². The highest BCUT2D eigenvalue weighted by Gasteiger charge is 2.17. The monoisotopic (exact) mass is 354 g/mol. The van der Waals surface area contributed by atoms with Crippen LogP contribution in [0.25, 0.3) is 0 Å². The Labute approximate surface area is 137 Å². The third kappa shape index (κ3) is 4.97. The zero-order valence-corrected chi connectivity index (χ0v) is 14.8. The molecule has 0 aliphatic carbocycles. The number of hydrogen-bond donors (Lipinski definition) is 1. The maximum absolute atomic E-state index is 5.05. The summed E-state index contributed by atoms with van der Waals surface area (Å²) in [6.07, 6.45) is 5.34. The molecule has 0 spiro atoms. The summed E-state index contributed by atoms with van der Waals surface area (Å²) in [5.74, 6) is 0. The SMILES string of the molecule is COCCNCc1ccc(N2CCCCCC2C)cc1Br. The summed E-state index contributed by atoms with van der Waals surface area (Å²) in [6.45, 7) is 6.03. The molecule has 118 valence electrons. The molecule has 0 radical (unpaired) electrons. The average Bonchev–Trinajstić information content (AvgIpc) is 2.69. The molecule has 0 bridgehead atoms. The molecule has 0 amide bonds. The van der Waals surface area contributed by atoms with Crippen LogP contribution in [0.2, 0.25) is 0 Å². The molecular weight excluding hydrogens is 328 g/mol. The standard InChI is InChI=1S/C17H27BrN2O/c1-14-6-4-3-5-10-20(14)16-8-7-15(17(18)12-16)13-19-9-11-21-2/h7-8,12,14,19H,3-6,9-11,13H2,1-2H3. The van der Waals surface area contributed by atoms with Crippen LogP contribution in [0.4, 0.5) is 5.69 Å². The van der Waals surface area contributed by atoms with E-state index in [1.165, 1.54) is 48.0 Å². The van der Waals surface area contributed by atoms with Crippen molar-refractivity contribution < 1.29 is 4.74 Å². The van der Waals surface area contributed by atoms with E-state index in [1.807, 2.05) is 0 Å². The van der Waals surface area contributed by atoms with Crippen molar-refractivity contribution >= 4 is 21.6 Å². The van der Waals surface area contributed by atoms with Gasteiger partial charge >= 0.3 is 0 Å². The number of ether oxygens (including phenoxy) is 1. The van der Waals surface area contributed by atoms with Crippen LogP contribution in [0.1, 0.15) is 38.2 Å². The molecule has 3 nitrogen and oxygen atoms in total. The zero-order valence-electron chi connectivity index (χ0n) is 13.2. The Kier molecular flexibility index (Phi) is 7.00. The number of rotatable bonds is 6. The van der Waals surface area contributed by atoms with E-state index >= 15 is 0 Å². The molecule has 1 aliphatic rings. The van der Waals surface area contributed by atoms with Crippen molar-refractivity contribution in [1.82, 2.24) is 5.32 Å². The summed E-state index contributed by atoms with van der Waals surface area (Å²) >= 11 is 3.72. The maximum Gasteiger partial charge on any atom is 0.0587 e. The van der Waals surface area contributed by atoms with Gasteiger partial charge in [-0.05, 0) is 37.5 Å². The van der Waals surface area contributed by atoms with Gasteiger partial charge in [0.1, 0.15) is 0 Å². The summed E-state index contributed by atoms with van der Waals surface area (Å²) in [5, 5.41) is 3.39. The molecule has 1 saturated heterocycles. The first-order chi connectivity index (χ1) is 10.2. The van der Waals surface area contributed by atoms with Gasteiger partial charge in [0.25, 0.3) is 0 Å². The fraction of sp³-hybridized carbons (Fsp3) is 0.647. The van der Waals surface area contributed by atoms with Crippen LogP contribution in [0.5, 0.6) is 0 Å². The first kappa shape index (κ1) is 16.8. The van der Waals surface area contributed by atoms with Crippen molar-refractivity contribution in [3.63, 3.8) is 0 Å². The van der Waals surface area contributed by atoms with Crippen LogP contribution in [-0.2, 0) is 11.3 Å². The molecule has 0 saturated carbocycles. The van der Waals surface area contributed by atoms with E-state index < -0.39 is 0 Å². The summed E-state index contributed by atoms with van der Waals surface area (Å²) < 4.78 is 6.25. The van der Waals surface area contributed by atoms with Gasteiger partial charge in [0, 0.05) is 42.9 Å². The topological polar surface area (TPSA) is 24.5 Å². The number of hydrogen-bond acceptors (Lipinski definition) is 3. The number of halogens is 1. The van der Waals surface area contributed by atoms with Gasteiger partial charge in [-0.25, -0.2) is 0 Å². The minimum absolute atomic E-state index is 0.644. The third-order valence-corrected chi connectivity index (χ3v) is 4.96. The van der Waals surface area contributed by atoms with Crippen LogP contribution < -0.4 is 10.2 Å². The summed E-state index contributed by atoms with van der Waals surface area (Å²) in [7, 11) is 1.73. The van der Waals surface area contributed by atoms with Crippen molar-refractivity contribution in [2.45, 2.75) is 45.2 Å². The first-order valence-corrected chi connectivity index (χ1v) is 8.76. The predicted octanol–water partition coefficient (Wildman–Crippen LogP) is 3.95. The number of nitrogens with zero attached hydrogens (tertiary/aromatic N) is 1. The van der Waals surface area contributed by atoms with Gasteiger partial charge < -0.3 is 15.0 Å². The highest BCUT2D eigenvalue weighted by atomic mass is 79.9. The van der Waals surface area contributed by atoms with Gasteiger partial charge in [-0.3, -0.25) is 0 Å². The van der Waals surface area contributed by atoms with E-state index in [-0.39, 0.29) is 0 Å². The fourth-order valence-electron chi connectivity index (χ4n) is 2.91. The second-order valence-corrected chi connectivity index (χ2v) is 6.69. The minimum atomic E-state index is 0.644. The van der Waals surface area contributed by atoms with Crippen molar-refractivity contribution in [2.75, 3.05) is 31.7 Å². The normalized spacial score (nSPS) is 19.6. The van der Waals surface area contributed by atoms with E-state index in [4.69, 9.17) is 4.74 Å². The molecule has 0 aromatic heterocycles. The fourth-order valence-corrected chi connectivity index (χ4v) is 3.42. The molecule has 2 rings (SSSR count). The molecule has 1 N–H and O–H groups in total. The van der Waals surface area contributed by atoms with E-state index in [0.717, 1.165) is 19.7 Å². The van der Waals surface area contributed by atoms with Gasteiger partial charge in [0.2, 0.25) is 0 Å². The molecule has 1 unspecified atom stereocenters. The summed E-state index contributed by atoms with van der Waals surface area (Å²) in [4.78, 5) is 2.56. The molecule has 4 heteroatoms. The Morgan fingerprint density at radius 3 is 2.95 bits per heavy atom.